The summed E-state index contributed by atoms with van der Waals surface area (Å²) in [5.41, 5.74) is 9.15. The van der Waals surface area contributed by atoms with E-state index < -0.39 is 0 Å². The Balaban J connectivity index is 2.02. The Hall–Kier alpha value is -1.02. The van der Waals surface area contributed by atoms with Gasteiger partial charge in [0.05, 0.1) is 0 Å². The molecule has 1 aromatic carbocycles. The molecule has 0 radical (unpaired) electrons. The predicted octanol–water partition coefficient (Wildman–Crippen LogP) is 3.72. The van der Waals surface area contributed by atoms with Crippen LogP contribution in [0, 0.1) is 5.41 Å². The van der Waals surface area contributed by atoms with Crippen molar-refractivity contribution in [3.05, 3.63) is 29.8 Å². The van der Waals surface area contributed by atoms with Gasteiger partial charge < -0.3 is 10.6 Å². The van der Waals surface area contributed by atoms with Gasteiger partial charge in [-0.1, -0.05) is 32.9 Å². The van der Waals surface area contributed by atoms with Crippen LogP contribution in [0.3, 0.4) is 0 Å². The van der Waals surface area contributed by atoms with Gasteiger partial charge in [-0.2, -0.15) is 0 Å². The van der Waals surface area contributed by atoms with Gasteiger partial charge in [0.25, 0.3) is 0 Å². The van der Waals surface area contributed by atoms with Gasteiger partial charge in [-0.3, -0.25) is 0 Å². The van der Waals surface area contributed by atoms with Gasteiger partial charge in [-0.15, -0.1) is 0 Å². The fraction of sp³-hybridized carbons (Fsp3) is 0.625. The second-order valence-electron chi connectivity index (χ2n) is 6.26. The first-order valence-corrected chi connectivity index (χ1v) is 7.12. The molecule has 0 aromatic heterocycles. The molecule has 0 bridgehead atoms. The average Bonchev–Trinajstić information content (AvgIpc) is 2.38. The third-order valence-corrected chi connectivity index (χ3v) is 4.24. The number of nitrogens with zero attached hydrogens (tertiary/aromatic N) is 1. The van der Waals surface area contributed by atoms with Crippen LogP contribution in [0.1, 0.15) is 51.6 Å². The number of benzene rings is 1. The first kappa shape index (κ1) is 13.4. The smallest absolute Gasteiger partial charge is 0.0366 e. The number of piperidine rings is 1. The van der Waals surface area contributed by atoms with E-state index in [1.54, 1.807) is 0 Å². The van der Waals surface area contributed by atoms with Crippen LogP contribution in [0.4, 0.5) is 5.69 Å². The standard InChI is InChI=1S/C16H26N2/c1-4-15(17)13-5-7-14(8-6-13)18-11-9-16(2,3)10-12-18/h5-8,15H,4,9-12,17H2,1-3H3. The summed E-state index contributed by atoms with van der Waals surface area (Å²) >= 11 is 0. The molecule has 2 heteroatoms. The fourth-order valence-corrected chi connectivity index (χ4v) is 2.54. The molecule has 1 aliphatic rings. The van der Waals surface area contributed by atoms with E-state index in [1.807, 2.05) is 0 Å². The van der Waals surface area contributed by atoms with Gasteiger partial charge in [0.15, 0.2) is 0 Å². The second kappa shape index (κ2) is 5.31. The van der Waals surface area contributed by atoms with E-state index in [4.69, 9.17) is 5.73 Å². The lowest BCUT2D eigenvalue weighted by molar-refractivity contribution is 0.280. The van der Waals surface area contributed by atoms with Gasteiger partial charge in [0.1, 0.15) is 0 Å². The van der Waals surface area contributed by atoms with Gasteiger partial charge in [-0.05, 0) is 42.4 Å². The van der Waals surface area contributed by atoms with Crippen molar-refractivity contribution in [1.29, 1.82) is 0 Å². The molecule has 2 rings (SSSR count). The number of hydrogen-bond donors (Lipinski definition) is 1. The first-order valence-electron chi connectivity index (χ1n) is 7.12. The minimum atomic E-state index is 0.180. The van der Waals surface area contributed by atoms with Crippen molar-refractivity contribution >= 4 is 5.69 Å². The normalized spacial score (nSPS) is 20.8. The number of rotatable bonds is 3. The lowest BCUT2D eigenvalue weighted by Crippen LogP contribution is -2.37. The van der Waals surface area contributed by atoms with Crippen LogP contribution in [-0.2, 0) is 0 Å². The number of anilines is 1. The molecule has 1 atom stereocenters. The molecule has 2 N–H and O–H groups in total. The molecule has 0 amide bonds. The van der Waals surface area contributed by atoms with Crippen LogP contribution in [0.5, 0.6) is 0 Å². The zero-order chi connectivity index (χ0) is 13.2. The quantitative estimate of drug-likeness (QED) is 0.880. The minimum absolute atomic E-state index is 0.180. The zero-order valence-corrected chi connectivity index (χ0v) is 11.9. The largest absolute Gasteiger partial charge is 0.371 e. The molecule has 1 aromatic rings. The Labute approximate surface area is 111 Å². The van der Waals surface area contributed by atoms with E-state index in [0.29, 0.717) is 5.41 Å². The topological polar surface area (TPSA) is 29.3 Å². The van der Waals surface area contributed by atoms with Crippen molar-refractivity contribution in [3.63, 3.8) is 0 Å². The van der Waals surface area contributed by atoms with E-state index in [9.17, 15) is 0 Å². The van der Waals surface area contributed by atoms with Gasteiger partial charge in [-0.25, -0.2) is 0 Å². The van der Waals surface area contributed by atoms with E-state index in [2.05, 4.69) is 49.9 Å². The molecule has 0 saturated carbocycles. The van der Waals surface area contributed by atoms with Gasteiger partial charge >= 0.3 is 0 Å². The average molecular weight is 246 g/mol. The molecular formula is C16H26N2. The van der Waals surface area contributed by atoms with Crippen molar-refractivity contribution in [2.45, 2.75) is 46.1 Å². The Morgan fingerprint density at radius 3 is 2.22 bits per heavy atom. The third-order valence-electron chi connectivity index (χ3n) is 4.24. The Bertz CT molecular complexity index is 371. The Kier molecular flexibility index (Phi) is 3.96. The van der Waals surface area contributed by atoms with Crippen molar-refractivity contribution in [3.8, 4) is 0 Å². The predicted molar refractivity (Wildman–Crippen MR) is 78.9 cm³/mol. The summed E-state index contributed by atoms with van der Waals surface area (Å²) in [5.74, 6) is 0. The molecule has 0 spiro atoms. The highest BCUT2D eigenvalue weighted by Crippen LogP contribution is 2.32. The Morgan fingerprint density at radius 1 is 1.17 bits per heavy atom. The van der Waals surface area contributed by atoms with Crippen molar-refractivity contribution in [2.75, 3.05) is 18.0 Å². The highest BCUT2D eigenvalue weighted by molar-refractivity contribution is 5.48. The maximum atomic E-state index is 6.04. The van der Waals surface area contributed by atoms with Gasteiger partial charge in [0, 0.05) is 24.8 Å². The van der Waals surface area contributed by atoms with E-state index in [-0.39, 0.29) is 6.04 Å². The molecule has 2 nitrogen and oxygen atoms in total. The SMILES string of the molecule is CCC(N)c1ccc(N2CCC(C)(C)CC2)cc1. The third kappa shape index (κ3) is 3.05. The lowest BCUT2D eigenvalue weighted by atomic mass is 9.82. The molecule has 18 heavy (non-hydrogen) atoms. The van der Waals surface area contributed by atoms with Crippen LogP contribution >= 0.6 is 0 Å². The highest BCUT2D eigenvalue weighted by atomic mass is 15.1. The van der Waals surface area contributed by atoms with Crippen molar-refractivity contribution in [1.82, 2.24) is 0 Å². The van der Waals surface area contributed by atoms with Crippen LogP contribution in [0.2, 0.25) is 0 Å². The Morgan fingerprint density at radius 2 is 1.72 bits per heavy atom. The summed E-state index contributed by atoms with van der Waals surface area (Å²) < 4.78 is 0. The monoisotopic (exact) mass is 246 g/mol. The summed E-state index contributed by atoms with van der Waals surface area (Å²) in [6.07, 6.45) is 3.56. The minimum Gasteiger partial charge on any atom is -0.371 e. The molecule has 0 aliphatic carbocycles. The van der Waals surface area contributed by atoms with Crippen molar-refractivity contribution < 1.29 is 0 Å². The van der Waals surface area contributed by atoms with E-state index in [0.717, 1.165) is 6.42 Å². The maximum absolute atomic E-state index is 6.04. The lowest BCUT2D eigenvalue weighted by Gasteiger charge is -2.38. The van der Waals surface area contributed by atoms with Gasteiger partial charge in [0.2, 0.25) is 0 Å². The molecule has 100 valence electrons. The maximum Gasteiger partial charge on any atom is 0.0366 e. The number of hydrogen-bond acceptors (Lipinski definition) is 2. The summed E-state index contributed by atoms with van der Waals surface area (Å²) in [5, 5.41) is 0. The van der Waals surface area contributed by atoms with Crippen molar-refractivity contribution in [2.24, 2.45) is 11.1 Å². The molecule has 1 saturated heterocycles. The molecule has 1 heterocycles. The molecular weight excluding hydrogens is 220 g/mol. The van der Waals surface area contributed by atoms with Crippen LogP contribution in [-0.4, -0.2) is 13.1 Å². The molecule has 1 unspecified atom stereocenters. The zero-order valence-electron chi connectivity index (χ0n) is 11.9. The van der Waals surface area contributed by atoms with E-state index in [1.165, 1.54) is 37.2 Å². The summed E-state index contributed by atoms with van der Waals surface area (Å²) in [7, 11) is 0. The van der Waals surface area contributed by atoms with E-state index >= 15 is 0 Å². The summed E-state index contributed by atoms with van der Waals surface area (Å²) in [4.78, 5) is 2.49. The summed E-state index contributed by atoms with van der Waals surface area (Å²) in [6.45, 7) is 9.21. The fourth-order valence-electron chi connectivity index (χ4n) is 2.54. The van der Waals surface area contributed by atoms with Crippen LogP contribution in [0.25, 0.3) is 0 Å². The molecule has 1 fully saturated rings. The highest BCUT2D eigenvalue weighted by Gasteiger charge is 2.25. The summed E-state index contributed by atoms with van der Waals surface area (Å²) in [6, 6.07) is 9.00. The first-order chi connectivity index (χ1) is 8.52. The molecule has 1 aliphatic heterocycles. The number of nitrogens with two attached hydrogens (primary N) is 1. The van der Waals surface area contributed by atoms with Crippen LogP contribution < -0.4 is 10.6 Å². The van der Waals surface area contributed by atoms with Crippen LogP contribution in [0.15, 0.2) is 24.3 Å². The second-order valence-corrected chi connectivity index (χ2v) is 6.26.